The van der Waals surface area contributed by atoms with Crippen molar-refractivity contribution in [1.82, 2.24) is 5.32 Å². The van der Waals surface area contributed by atoms with Crippen LogP contribution in [0.1, 0.15) is 42.5 Å². The van der Waals surface area contributed by atoms with Crippen molar-refractivity contribution in [3.05, 3.63) is 33.9 Å². The molecule has 0 aromatic heterocycles. The Bertz CT molecular complexity index is 625. The smallest absolute Gasteiger partial charge is 0.293 e. The number of amides is 1. The summed E-state index contributed by atoms with van der Waals surface area (Å²) in [7, 11) is 0. The van der Waals surface area contributed by atoms with Crippen molar-refractivity contribution in [2.45, 2.75) is 32.1 Å². The Kier molecular flexibility index (Phi) is 5.86. The highest BCUT2D eigenvalue weighted by atomic mass is 16.6. The van der Waals surface area contributed by atoms with E-state index in [0.29, 0.717) is 24.4 Å². The molecule has 1 amide bonds. The third kappa shape index (κ3) is 4.92. The number of hydrogen-bond acceptors (Lipinski definition) is 5. The Hall–Kier alpha value is -2.15. The summed E-state index contributed by atoms with van der Waals surface area (Å²) in [6.45, 7) is 3.61. The minimum atomic E-state index is -0.407. The molecular formula is C18H25N3O4. The van der Waals surface area contributed by atoms with E-state index < -0.39 is 4.92 Å². The minimum absolute atomic E-state index is 0.00215. The van der Waals surface area contributed by atoms with Crippen LogP contribution >= 0.6 is 0 Å². The van der Waals surface area contributed by atoms with E-state index in [0.717, 1.165) is 44.9 Å². The van der Waals surface area contributed by atoms with E-state index in [9.17, 15) is 14.9 Å². The second-order valence-electron chi connectivity index (χ2n) is 6.78. The van der Waals surface area contributed by atoms with Gasteiger partial charge >= 0.3 is 0 Å². The highest BCUT2D eigenvalue weighted by Gasteiger charge is 2.24. The Morgan fingerprint density at radius 3 is 2.76 bits per heavy atom. The van der Waals surface area contributed by atoms with Crippen LogP contribution in [0.15, 0.2) is 18.2 Å². The maximum atomic E-state index is 12.2. The Morgan fingerprint density at radius 2 is 2.08 bits per heavy atom. The van der Waals surface area contributed by atoms with Gasteiger partial charge in [0.05, 0.1) is 4.92 Å². The van der Waals surface area contributed by atoms with Crippen molar-refractivity contribution in [2.75, 3.05) is 37.7 Å². The number of carbonyl (C=O) groups is 1. The van der Waals surface area contributed by atoms with Crippen molar-refractivity contribution in [3.8, 4) is 0 Å². The first-order valence-corrected chi connectivity index (χ1v) is 9.04. The van der Waals surface area contributed by atoms with Crippen LogP contribution in [0.4, 0.5) is 11.4 Å². The lowest BCUT2D eigenvalue weighted by Crippen LogP contribution is -2.26. The predicted octanol–water partition coefficient (Wildman–Crippen LogP) is 2.74. The van der Waals surface area contributed by atoms with E-state index in [-0.39, 0.29) is 11.6 Å². The van der Waals surface area contributed by atoms with Crippen LogP contribution in [-0.4, -0.2) is 43.7 Å². The molecule has 2 aliphatic rings. The maximum Gasteiger partial charge on any atom is 0.293 e. The number of nitro groups is 1. The van der Waals surface area contributed by atoms with Gasteiger partial charge < -0.3 is 15.0 Å². The number of hydrogen-bond donors (Lipinski definition) is 1. The number of benzene rings is 1. The summed E-state index contributed by atoms with van der Waals surface area (Å²) in [6, 6.07) is 4.74. The number of ether oxygens (including phenoxy) is 1. The summed E-state index contributed by atoms with van der Waals surface area (Å²) in [4.78, 5) is 25.2. The number of carbonyl (C=O) groups excluding carboxylic acids is 1. The van der Waals surface area contributed by atoms with Crippen LogP contribution in [0, 0.1) is 16.0 Å². The molecule has 0 unspecified atom stereocenters. The number of nitrogens with zero attached hydrogens (tertiary/aromatic N) is 2. The molecule has 0 bridgehead atoms. The molecule has 0 atom stereocenters. The van der Waals surface area contributed by atoms with Gasteiger partial charge in [0.15, 0.2) is 0 Å². The van der Waals surface area contributed by atoms with Crippen molar-refractivity contribution in [2.24, 2.45) is 5.92 Å². The first-order chi connectivity index (χ1) is 12.1. The second-order valence-corrected chi connectivity index (χ2v) is 6.78. The van der Waals surface area contributed by atoms with Crippen LogP contribution in [0.2, 0.25) is 0 Å². The van der Waals surface area contributed by atoms with Crippen molar-refractivity contribution in [3.63, 3.8) is 0 Å². The van der Waals surface area contributed by atoms with Gasteiger partial charge in [-0.05, 0) is 50.2 Å². The van der Waals surface area contributed by atoms with Crippen LogP contribution in [0.3, 0.4) is 0 Å². The molecule has 1 aromatic carbocycles. The third-order valence-corrected chi connectivity index (χ3v) is 4.68. The first-order valence-electron chi connectivity index (χ1n) is 9.04. The lowest BCUT2D eigenvalue weighted by Gasteiger charge is -2.17. The topological polar surface area (TPSA) is 84.7 Å². The van der Waals surface area contributed by atoms with Gasteiger partial charge in [0, 0.05) is 44.5 Å². The molecule has 1 saturated heterocycles. The number of rotatable bonds is 9. The molecule has 7 heteroatoms. The molecular weight excluding hydrogens is 322 g/mol. The van der Waals surface area contributed by atoms with Gasteiger partial charge in [-0.15, -0.1) is 0 Å². The van der Waals surface area contributed by atoms with E-state index in [1.54, 1.807) is 12.1 Å². The van der Waals surface area contributed by atoms with Crippen LogP contribution in [0.5, 0.6) is 0 Å². The molecule has 3 rings (SSSR count). The third-order valence-electron chi connectivity index (χ3n) is 4.68. The van der Waals surface area contributed by atoms with Crippen molar-refractivity contribution < 1.29 is 14.5 Å². The molecule has 136 valence electrons. The highest BCUT2D eigenvalue weighted by molar-refractivity contribution is 5.95. The van der Waals surface area contributed by atoms with Gasteiger partial charge in [0.1, 0.15) is 5.69 Å². The molecule has 0 radical (unpaired) electrons. The zero-order chi connectivity index (χ0) is 17.6. The largest absolute Gasteiger partial charge is 0.381 e. The average molecular weight is 347 g/mol. The Labute approximate surface area is 147 Å². The Balaban J connectivity index is 1.52. The van der Waals surface area contributed by atoms with Crippen LogP contribution in [-0.2, 0) is 4.74 Å². The molecule has 1 saturated carbocycles. The van der Waals surface area contributed by atoms with Crippen LogP contribution in [0.25, 0.3) is 0 Å². The lowest BCUT2D eigenvalue weighted by atomic mass is 10.1. The maximum absolute atomic E-state index is 12.2. The fourth-order valence-corrected chi connectivity index (χ4v) is 3.05. The molecule has 1 aromatic rings. The molecule has 7 nitrogen and oxygen atoms in total. The number of anilines is 1. The molecule has 25 heavy (non-hydrogen) atoms. The summed E-state index contributed by atoms with van der Waals surface area (Å²) < 4.78 is 5.52. The summed E-state index contributed by atoms with van der Waals surface area (Å²) >= 11 is 0. The standard InChI is InChI=1S/C18H25N3O4/c22-18(19-8-3-11-25-13-14-4-5-14)15-6-7-16(17(12-15)21(23)24)20-9-1-2-10-20/h6-7,12,14H,1-5,8-11,13H2,(H,19,22). The first kappa shape index (κ1) is 17.7. The zero-order valence-electron chi connectivity index (χ0n) is 14.4. The number of nitrogens with one attached hydrogen (secondary N) is 1. The normalized spacial score (nSPS) is 16.9. The molecule has 1 aliphatic carbocycles. The molecule has 1 heterocycles. The van der Waals surface area contributed by atoms with E-state index in [2.05, 4.69) is 5.32 Å². The van der Waals surface area contributed by atoms with Gasteiger partial charge in [-0.25, -0.2) is 0 Å². The lowest BCUT2D eigenvalue weighted by molar-refractivity contribution is -0.384. The fraction of sp³-hybridized carbons (Fsp3) is 0.611. The van der Waals surface area contributed by atoms with E-state index in [1.165, 1.54) is 18.9 Å². The quantitative estimate of drug-likeness (QED) is 0.422. The molecule has 1 N–H and O–H groups in total. The number of nitro benzene ring substituents is 1. The second kappa shape index (κ2) is 8.29. The predicted molar refractivity (Wildman–Crippen MR) is 95.0 cm³/mol. The van der Waals surface area contributed by atoms with Gasteiger partial charge in [0.25, 0.3) is 11.6 Å². The van der Waals surface area contributed by atoms with Crippen molar-refractivity contribution in [1.29, 1.82) is 0 Å². The average Bonchev–Trinajstić information content (AvgIpc) is 3.27. The summed E-state index contributed by atoms with van der Waals surface area (Å²) in [5.74, 6) is 0.461. The highest BCUT2D eigenvalue weighted by Crippen LogP contribution is 2.31. The van der Waals surface area contributed by atoms with E-state index in [1.807, 2.05) is 4.90 Å². The molecule has 1 aliphatic heterocycles. The SMILES string of the molecule is O=C(NCCCOCC1CC1)c1ccc(N2CCCC2)c([N+](=O)[O-])c1. The monoisotopic (exact) mass is 347 g/mol. The molecule has 2 fully saturated rings. The summed E-state index contributed by atoms with van der Waals surface area (Å²) in [5.41, 5.74) is 0.934. The van der Waals surface area contributed by atoms with Crippen LogP contribution < -0.4 is 10.2 Å². The summed E-state index contributed by atoms with van der Waals surface area (Å²) in [5, 5.41) is 14.2. The van der Waals surface area contributed by atoms with Gasteiger partial charge in [-0.3, -0.25) is 14.9 Å². The van der Waals surface area contributed by atoms with E-state index >= 15 is 0 Å². The summed E-state index contributed by atoms with van der Waals surface area (Å²) in [6.07, 6.45) is 5.36. The van der Waals surface area contributed by atoms with Crippen molar-refractivity contribution >= 4 is 17.3 Å². The zero-order valence-corrected chi connectivity index (χ0v) is 14.4. The molecule has 0 spiro atoms. The van der Waals surface area contributed by atoms with Gasteiger partial charge in [-0.2, -0.15) is 0 Å². The fourth-order valence-electron chi connectivity index (χ4n) is 3.05. The Morgan fingerprint density at radius 1 is 1.32 bits per heavy atom. The van der Waals surface area contributed by atoms with Gasteiger partial charge in [-0.1, -0.05) is 0 Å². The minimum Gasteiger partial charge on any atom is -0.381 e. The van der Waals surface area contributed by atoms with Gasteiger partial charge in [0.2, 0.25) is 0 Å². The van der Waals surface area contributed by atoms with E-state index in [4.69, 9.17) is 4.74 Å².